The van der Waals surface area contributed by atoms with Crippen molar-refractivity contribution < 1.29 is 4.21 Å². The molecule has 10 heavy (non-hydrogen) atoms. The first-order valence-electron chi connectivity index (χ1n) is 3.98. The maximum atomic E-state index is 11.5. The molecule has 2 bridgehead atoms. The Hall–Kier alpha value is 0.110. The molecule has 2 aliphatic rings. The first-order valence-corrected chi connectivity index (χ1v) is 5.25. The van der Waals surface area contributed by atoms with E-state index in [1.54, 1.807) is 0 Å². The van der Waals surface area contributed by atoms with E-state index in [9.17, 15) is 4.21 Å². The highest BCUT2D eigenvalue weighted by Crippen LogP contribution is 2.26. The number of nitrogens with one attached hydrogen (secondary N) is 1. The van der Waals surface area contributed by atoms with Gasteiger partial charge in [0.05, 0.1) is 0 Å². The van der Waals surface area contributed by atoms with Gasteiger partial charge in [-0.25, -0.2) is 0 Å². The SMILES string of the molecule is O=[S@@]1[C@H]2CCNC[C@H]1CC2. The summed E-state index contributed by atoms with van der Waals surface area (Å²) in [5.41, 5.74) is 0. The molecule has 2 rings (SSSR count). The molecule has 0 unspecified atom stereocenters. The Balaban J connectivity index is 2.14. The zero-order chi connectivity index (χ0) is 6.97. The Labute approximate surface area is 63.8 Å². The van der Waals surface area contributed by atoms with E-state index in [1.807, 2.05) is 0 Å². The molecule has 0 aromatic carbocycles. The van der Waals surface area contributed by atoms with Gasteiger partial charge in [-0.3, -0.25) is 4.21 Å². The van der Waals surface area contributed by atoms with Crippen LogP contribution < -0.4 is 5.32 Å². The van der Waals surface area contributed by atoms with Crippen molar-refractivity contribution >= 4 is 10.8 Å². The lowest BCUT2D eigenvalue weighted by Gasteiger charge is -2.05. The van der Waals surface area contributed by atoms with Crippen molar-refractivity contribution in [3.05, 3.63) is 0 Å². The normalized spacial score (nSPS) is 47.0. The molecule has 0 spiro atoms. The van der Waals surface area contributed by atoms with E-state index >= 15 is 0 Å². The number of rotatable bonds is 0. The summed E-state index contributed by atoms with van der Waals surface area (Å²) in [4.78, 5) is 0. The number of hydrogen-bond donors (Lipinski definition) is 1. The van der Waals surface area contributed by atoms with E-state index in [1.165, 1.54) is 12.8 Å². The fourth-order valence-electron chi connectivity index (χ4n) is 1.85. The summed E-state index contributed by atoms with van der Waals surface area (Å²) < 4.78 is 11.5. The summed E-state index contributed by atoms with van der Waals surface area (Å²) >= 11 is 0. The second kappa shape index (κ2) is 2.62. The highest BCUT2D eigenvalue weighted by atomic mass is 32.2. The van der Waals surface area contributed by atoms with Crippen LogP contribution in [0.3, 0.4) is 0 Å². The fraction of sp³-hybridized carbons (Fsp3) is 1.00. The first kappa shape index (κ1) is 6.80. The smallest absolute Gasteiger partial charge is 0.0475 e. The van der Waals surface area contributed by atoms with Crippen LogP contribution in [0.5, 0.6) is 0 Å². The Kier molecular flexibility index (Phi) is 1.78. The standard InChI is InChI=1S/C7H13NOS/c9-10-6-1-2-7(10)5-8-4-3-6/h6-8H,1-5H2/t6-,7-,10-/m1/s1. The van der Waals surface area contributed by atoms with Gasteiger partial charge in [0.25, 0.3) is 0 Å². The lowest BCUT2D eigenvalue weighted by molar-refractivity contribution is 0.567. The van der Waals surface area contributed by atoms with Crippen LogP contribution in [-0.2, 0) is 10.8 Å². The van der Waals surface area contributed by atoms with Crippen LogP contribution >= 0.6 is 0 Å². The van der Waals surface area contributed by atoms with Gasteiger partial charge in [-0.1, -0.05) is 0 Å². The lowest BCUT2D eigenvalue weighted by atomic mass is 10.1. The van der Waals surface area contributed by atoms with Gasteiger partial charge in [0.2, 0.25) is 0 Å². The monoisotopic (exact) mass is 159 g/mol. The van der Waals surface area contributed by atoms with E-state index in [2.05, 4.69) is 5.32 Å². The summed E-state index contributed by atoms with van der Waals surface area (Å²) in [7, 11) is -0.498. The summed E-state index contributed by atoms with van der Waals surface area (Å²) in [6, 6.07) is 0. The molecule has 58 valence electrons. The molecule has 0 aliphatic carbocycles. The summed E-state index contributed by atoms with van der Waals surface area (Å²) in [6.45, 7) is 2.07. The largest absolute Gasteiger partial charge is 0.315 e. The average Bonchev–Trinajstić information content (AvgIpc) is 2.06. The zero-order valence-electron chi connectivity index (χ0n) is 6.01. The molecule has 1 N–H and O–H groups in total. The van der Waals surface area contributed by atoms with Crippen LogP contribution in [0.1, 0.15) is 19.3 Å². The molecule has 0 amide bonds. The highest BCUT2D eigenvalue weighted by Gasteiger charge is 2.33. The predicted molar refractivity (Wildman–Crippen MR) is 42.4 cm³/mol. The van der Waals surface area contributed by atoms with Gasteiger partial charge in [-0.2, -0.15) is 0 Å². The molecule has 2 fully saturated rings. The van der Waals surface area contributed by atoms with Gasteiger partial charge in [0.15, 0.2) is 0 Å². The van der Waals surface area contributed by atoms with Crippen molar-refractivity contribution in [1.82, 2.24) is 5.32 Å². The Bertz CT molecular complexity index is 144. The Morgan fingerprint density at radius 3 is 2.90 bits per heavy atom. The van der Waals surface area contributed by atoms with Gasteiger partial charge >= 0.3 is 0 Å². The van der Waals surface area contributed by atoms with E-state index in [0.29, 0.717) is 10.5 Å². The van der Waals surface area contributed by atoms with E-state index in [0.717, 1.165) is 19.5 Å². The van der Waals surface area contributed by atoms with Gasteiger partial charge < -0.3 is 5.32 Å². The van der Waals surface area contributed by atoms with Crippen molar-refractivity contribution in [2.75, 3.05) is 13.1 Å². The van der Waals surface area contributed by atoms with Crippen LogP contribution in [0, 0.1) is 0 Å². The van der Waals surface area contributed by atoms with Crippen molar-refractivity contribution in [3.8, 4) is 0 Å². The van der Waals surface area contributed by atoms with Crippen molar-refractivity contribution in [2.24, 2.45) is 0 Å². The minimum atomic E-state index is -0.498. The summed E-state index contributed by atoms with van der Waals surface area (Å²) in [5, 5.41) is 4.32. The maximum absolute atomic E-state index is 11.5. The number of fused-ring (bicyclic) bond motifs is 2. The molecule has 3 atom stereocenters. The van der Waals surface area contributed by atoms with E-state index in [4.69, 9.17) is 0 Å². The Morgan fingerprint density at radius 1 is 1.20 bits per heavy atom. The predicted octanol–water partition coefficient (Wildman–Crippen LogP) is 0.259. The van der Waals surface area contributed by atoms with E-state index in [-0.39, 0.29) is 0 Å². The van der Waals surface area contributed by atoms with Crippen molar-refractivity contribution in [2.45, 2.75) is 29.8 Å². The maximum Gasteiger partial charge on any atom is 0.0475 e. The van der Waals surface area contributed by atoms with Crippen LogP contribution in [0.15, 0.2) is 0 Å². The second-order valence-electron chi connectivity index (χ2n) is 3.14. The zero-order valence-corrected chi connectivity index (χ0v) is 6.82. The van der Waals surface area contributed by atoms with Crippen LogP contribution in [-0.4, -0.2) is 27.8 Å². The van der Waals surface area contributed by atoms with Crippen molar-refractivity contribution in [3.63, 3.8) is 0 Å². The van der Waals surface area contributed by atoms with Gasteiger partial charge in [0.1, 0.15) is 0 Å². The molecule has 2 nitrogen and oxygen atoms in total. The fourth-order valence-corrected chi connectivity index (χ4v) is 3.76. The topological polar surface area (TPSA) is 29.1 Å². The second-order valence-corrected chi connectivity index (χ2v) is 5.13. The molecule has 0 aromatic rings. The molecule has 2 saturated heterocycles. The third-order valence-corrected chi connectivity index (χ3v) is 4.67. The molecular weight excluding hydrogens is 146 g/mol. The lowest BCUT2D eigenvalue weighted by Crippen LogP contribution is -2.25. The van der Waals surface area contributed by atoms with E-state index < -0.39 is 10.8 Å². The van der Waals surface area contributed by atoms with Crippen LogP contribution in [0.25, 0.3) is 0 Å². The summed E-state index contributed by atoms with van der Waals surface area (Å²) in [6.07, 6.45) is 3.52. The first-order chi connectivity index (χ1) is 4.88. The molecule has 2 aliphatic heterocycles. The third kappa shape index (κ3) is 1.01. The minimum Gasteiger partial charge on any atom is -0.315 e. The minimum absolute atomic E-state index is 0.479. The third-order valence-electron chi connectivity index (χ3n) is 2.48. The quantitative estimate of drug-likeness (QED) is 0.549. The van der Waals surface area contributed by atoms with Crippen LogP contribution in [0.2, 0.25) is 0 Å². The summed E-state index contributed by atoms with van der Waals surface area (Å²) in [5.74, 6) is 0. The van der Waals surface area contributed by atoms with Gasteiger partial charge in [-0.15, -0.1) is 0 Å². The van der Waals surface area contributed by atoms with Gasteiger partial charge in [-0.05, 0) is 25.8 Å². The molecule has 0 radical (unpaired) electrons. The molecule has 0 saturated carbocycles. The van der Waals surface area contributed by atoms with Crippen LogP contribution in [0.4, 0.5) is 0 Å². The van der Waals surface area contributed by atoms with Gasteiger partial charge in [0, 0.05) is 27.8 Å². The molecule has 0 aromatic heterocycles. The number of hydrogen-bond acceptors (Lipinski definition) is 2. The van der Waals surface area contributed by atoms with Crippen molar-refractivity contribution in [1.29, 1.82) is 0 Å². The molecule has 2 heterocycles. The highest BCUT2D eigenvalue weighted by molar-refractivity contribution is 7.86. The molecular formula is C7H13NOS. The Morgan fingerprint density at radius 2 is 2.00 bits per heavy atom. The average molecular weight is 159 g/mol. The molecule has 3 heteroatoms.